The van der Waals surface area contributed by atoms with Gasteiger partial charge in [-0.3, -0.25) is 0 Å². The number of nitrogens with zero attached hydrogens (tertiary/aromatic N) is 8. The number of anilines is 2. The van der Waals surface area contributed by atoms with E-state index in [4.69, 9.17) is 0 Å². The standard InChI is InChI=1S/C16H20N8/c1-11-8-14(24-16(21-11)19-10-20-24)22-4-6-23(7-5-22)15-12(2)13(3)17-9-18-15/h8-10H,4-7H2,1-3H3. The summed E-state index contributed by atoms with van der Waals surface area (Å²) in [6, 6.07) is 2.07. The summed E-state index contributed by atoms with van der Waals surface area (Å²) in [5.41, 5.74) is 3.15. The number of rotatable bonds is 2. The molecule has 8 heteroatoms. The fourth-order valence-electron chi connectivity index (χ4n) is 3.13. The monoisotopic (exact) mass is 324 g/mol. The molecule has 0 aliphatic carbocycles. The highest BCUT2D eigenvalue weighted by molar-refractivity contribution is 5.52. The summed E-state index contributed by atoms with van der Waals surface area (Å²) in [4.78, 5) is 22.0. The molecule has 1 fully saturated rings. The van der Waals surface area contributed by atoms with Gasteiger partial charge in [-0.15, -0.1) is 0 Å². The normalized spacial score (nSPS) is 15.3. The second-order valence-corrected chi connectivity index (χ2v) is 6.11. The van der Waals surface area contributed by atoms with Crippen molar-refractivity contribution < 1.29 is 0 Å². The number of aryl methyl sites for hydroxylation is 2. The third-order valence-electron chi connectivity index (χ3n) is 4.57. The molecule has 24 heavy (non-hydrogen) atoms. The van der Waals surface area contributed by atoms with Gasteiger partial charge in [0.1, 0.15) is 24.3 Å². The molecule has 1 saturated heterocycles. The van der Waals surface area contributed by atoms with Crippen molar-refractivity contribution in [1.29, 1.82) is 0 Å². The Hall–Kier alpha value is -2.77. The molecule has 0 N–H and O–H groups in total. The van der Waals surface area contributed by atoms with Crippen LogP contribution in [0, 0.1) is 20.8 Å². The van der Waals surface area contributed by atoms with Gasteiger partial charge in [0.2, 0.25) is 0 Å². The first-order valence-electron chi connectivity index (χ1n) is 8.09. The van der Waals surface area contributed by atoms with Gasteiger partial charge in [0, 0.05) is 49.2 Å². The van der Waals surface area contributed by atoms with Gasteiger partial charge in [0.05, 0.1) is 0 Å². The SMILES string of the molecule is Cc1cc(N2CCN(c3ncnc(C)c3C)CC2)n2ncnc2n1. The summed E-state index contributed by atoms with van der Waals surface area (Å²) < 4.78 is 1.81. The molecule has 0 spiro atoms. The molecule has 0 aromatic carbocycles. The van der Waals surface area contributed by atoms with Crippen molar-refractivity contribution in [1.82, 2.24) is 29.5 Å². The minimum absolute atomic E-state index is 0.648. The highest BCUT2D eigenvalue weighted by atomic mass is 15.4. The van der Waals surface area contributed by atoms with Gasteiger partial charge >= 0.3 is 0 Å². The Morgan fingerprint density at radius 1 is 0.875 bits per heavy atom. The van der Waals surface area contributed by atoms with E-state index in [0.29, 0.717) is 5.78 Å². The molecule has 1 aliphatic heterocycles. The molecule has 8 nitrogen and oxygen atoms in total. The molecule has 0 amide bonds. The third-order valence-corrected chi connectivity index (χ3v) is 4.57. The zero-order valence-electron chi connectivity index (χ0n) is 14.1. The summed E-state index contributed by atoms with van der Waals surface area (Å²) in [6.45, 7) is 9.73. The molecule has 3 aromatic heterocycles. The largest absolute Gasteiger partial charge is 0.353 e. The number of piperazine rings is 1. The summed E-state index contributed by atoms with van der Waals surface area (Å²) >= 11 is 0. The lowest BCUT2D eigenvalue weighted by Crippen LogP contribution is -2.47. The molecule has 4 heterocycles. The van der Waals surface area contributed by atoms with Crippen molar-refractivity contribution in [3.8, 4) is 0 Å². The van der Waals surface area contributed by atoms with Crippen molar-refractivity contribution in [3.63, 3.8) is 0 Å². The summed E-state index contributed by atoms with van der Waals surface area (Å²) in [7, 11) is 0. The molecule has 124 valence electrons. The molecule has 0 bridgehead atoms. The molecule has 3 aromatic rings. The van der Waals surface area contributed by atoms with Crippen LogP contribution in [0.4, 0.5) is 11.6 Å². The first-order chi connectivity index (χ1) is 11.6. The van der Waals surface area contributed by atoms with Crippen molar-refractivity contribution >= 4 is 17.4 Å². The highest BCUT2D eigenvalue weighted by Gasteiger charge is 2.22. The molecule has 0 saturated carbocycles. The minimum Gasteiger partial charge on any atom is -0.353 e. The zero-order valence-corrected chi connectivity index (χ0v) is 14.1. The van der Waals surface area contributed by atoms with Crippen LogP contribution in [0.5, 0.6) is 0 Å². The Bertz CT molecular complexity index is 879. The van der Waals surface area contributed by atoms with Crippen LogP contribution in [0.15, 0.2) is 18.7 Å². The van der Waals surface area contributed by atoms with E-state index in [2.05, 4.69) is 47.8 Å². The van der Waals surface area contributed by atoms with Crippen molar-refractivity contribution in [2.24, 2.45) is 0 Å². The van der Waals surface area contributed by atoms with E-state index in [0.717, 1.165) is 54.8 Å². The summed E-state index contributed by atoms with van der Waals surface area (Å²) in [6.07, 6.45) is 3.20. The zero-order chi connectivity index (χ0) is 16.7. The minimum atomic E-state index is 0.648. The smallest absolute Gasteiger partial charge is 0.254 e. The molecular weight excluding hydrogens is 304 g/mol. The number of hydrogen-bond donors (Lipinski definition) is 0. The second kappa shape index (κ2) is 5.70. The number of hydrogen-bond acceptors (Lipinski definition) is 7. The van der Waals surface area contributed by atoms with Crippen LogP contribution >= 0.6 is 0 Å². The first kappa shape index (κ1) is 14.8. The molecular formula is C16H20N8. The average molecular weight is 324 g/mol. The van der Waals surface area contributed by atoms with E-state index in [-0.39, 0.29) is 0 Å². The van der Waals surface area contributed by atoms with Crippen LogP contribution in [0.3, 0.4) is 0 Å². The van der Waals surface area contributed by atoms with Crippen LogP contribution in [0.25, 0.3) is 5.78 Å². The van der Waals surface area contributed by atoms with Gasteiger partial charge < -0.3 is 9.80 Å². The Balaban J connectivity index is 1.58. The summed E-state index contributed by atoms with van der Waals surface area (Å²) in [5.74, 6) is 2.74. The fraction of sp³-hybridized carbons (Fsp3) is 0.438. The maximum Gasteiger partial charge on any atom is 0.254 e. The molecule has 4 rings (SSSR count). The van der Waals surface area contributed by atoms with E-state index < -0.39 is 0 Å². The van der Waals surface area contributed by atoms with E-state index in [1.807, 2.05) is 18.4 Å². The lowest BCUT2D eigenvalue weighted by Gasteiger charge is -2.37. The second-order valence-electron chi connectivity index (χ2n) is 6.11. The van der Waals surface area contributed by atoms with E-state index in [1.54, 1.807) is 12.7 Å². The maximum absolute atomic E-state index is 4.48. The molecule has 0 atom stereocenters. The predicted octanol–water partition coefficient (Wildman–Crippen LogP) is 1.17. The Kier molecular flexibility index (Phi) is 3.51. The lowest BCUT2D eigenvalue weighted by atomic mass is 10.2. The van der Waals surface area contributed by atoms with Gasteiger partial charge in [-0.1, -0.05) is 0 Å². The first-order valence-corrected chi connectivity index (χ1v) is 8.09. The Morgan fingerprint density at radius 3 is 2.42 bits per heavy atom. The van der Waals surface area contributed by atoms with Crippen molar-refractivity contribution in [2.75, 3.05) is 36.0 Å². The van der Waals surface area contributed by atoms with Gasteiger partial charge in [-0.2, -0.15) is 14.6 Å². The topological polar surface area (TPSA) is 75.3 Å². The van der Waals surface area contributed by atoms with Crippen LogP contribution in [0.1, 0.15) is 17.0 Å². The number of fused-ring (bicyclic) bond motifs is 1. The highest BCUT2D eigenvalue weighted by Crippen LogP contribution is 2.22. The van der Waals surface area contributed by atoms with Gasteiger partial charge in [-0.25, -0.2) is 15.0 Å². The number of aromatic nitrogens is 6. The molecule has 0 unspecified atom stereocenters. The van der Waals surface area contributed by atoms with E-state index in [1.165, 1.54) is 0 Å². The van der Waals surface area contributed by atoms with Gasteiger partial charge in [0.15, 0.2) is 0 Å². The van der Waals surface area contributed by atoms with Crippen LogP contribution in [-0.4, -0.2) is 55.7 Å². The van der Waals surface area contributed by atoms with Crippen LogP contribution in [0.2, 0.25) is 0 Å². The molecule has 1 aliphatic rings. The van der Waals surface area contributed by atoms with E-state index >= 15 is 0 Å². The van der Waals surface area contributed by atoms with Gasteiger partial charge in [-0.05, 0) is 20.8 Å². The van der Waals surface area contributed by atoms with Crippen molar-refractivity contribution in [2.45, 2.75) is 20.8 Å². The Labute approximate surface area is 140 Å². The fourth-order valence-corrected chi connectivity index (χ4v) is 3.13. The van der Waals surface area contributed by atoms with Crippen LogP contribution < -0.4 is 9.80 Å². The average Bonchev–Trinajstić information content (AvgIpc) is 3.05. The summed E-state index contributed by atoms with van der Waals surface area (Å²) in [5, 5.41) is 4.31. The Morgan fingerprint density at radius 2 is 1.62 bits per heavy atom. The molecule has 0 radical (unpaired) electrons. The van der Waals surface area contributed by atoms with Crippen LogP contribution in [-0.2, 0) is 0 Å². The van der Waals surface area contributed by atoms with Crippen molar-refractivity contribution in [3.05, 3.63) is 35.7 Å². The van der Waals surface area contributed by atoms with E-state index in [9.17, 15) is 0 Å². The predicted molar refractivity (Wildman–Crippen MR) is 91.5 cm³/mol. The lowest BCUT2D eigenvalue weighted by molar-refractivity contribution is 0.630. The quantitative estimate of drug-likeness (QED) is 0.700. The third kappa shape index (κ3) is 2.44. The maximum atomic E-state index is 4.48. The van der Waals surface area contributed by atoms with Gasteiger partial charge in [0.25, 0.3) is 5.78 Å².